The van der Waals surface area contributed by atoms with Crippen LogP contribution >= 0.6 is 34.0 Å². The number of aromatic nitrogens is 2. The maximum atomic E-state index is 11.4. The molecule has 0 aliphatic heterocycles. The Kier molecular flexibility index (Phi) is 7.49. The van der Waals surface area contributed by atoms with E-state index in [1.807, 2.05) is 24.3 Å². The Morgan fingerprint density at radius 1 is 0.943 bits per heavy atom. The number of rotatable bonds is 9. The van der Waals surface area contributed by atoms with Gasteiger partial charge in [0.05, 0.1) is 12.8 Å². The zero-order valence-electron chi connectivity index (χ0n) is 18.5. The lowest BCUT2D eigenvalue weighted by Gasteiger charge is -2.00. The lowest BCUT2D eigenvalue weighted by atomic mass is 10.1. The topological polar surface area (TPSA) is 139 Å². The highest BCUT2D eigenvalue weighted by Crippen LogP contribution is 2.44. The quantitative estimate of drug-likeness (QED) is 0.264. The molecule has 35 heavy (non-hydrogen) atoms. The van der Waals surface area contributed by atoms with E-state index in [4.69, 9.17) is 5.73 Å². The summed E-state index contributed by atoms with van der Waals surface area (Å²) < 4.78 is 0. The molecule has 0 aromatic carbocycles. The number of nitrogens with zero attached hydrogens (tertiary/aromatic N) is 3. The Balaban J connectivity index is 1.73. The van der Waals surface area contributed by atoms with Crippen molar-refractivity contribution >= 4 is 57.7 Å². The van der Waals surface area contributed by atoms with Gasteiger partial charge in [-0.05, 0) is 35.4 Å². The minimum absolute atomic E-state index is 0.0982. The van der Waals surface area contributed by atoms with E-state index in [1.54, 1.807) is 37.0 Å². The van der Waals surface area contributed by atoms with Gasteiger partial charge in [0, 0.05) is 72.3 Å². The number of hydrogen-bond acceptors (Lipinski definition) is 9. The Morgan fingerprint density at radius 2 is 1.54 bits per heavy atom. The highest BCUT2D eigenvalue weighted by Gasteiger charge is 2.19. The molecule has 4 rings (SSSR count). The summed E-state index contributed by atoms with van der Waals surface area (Å²) in [6.45, 7) is 0. The van der Waals surface area contributed by atoms with Crippen molar-refractivity contribution in [2.75, 3.05) is 7.05 Å². The van der Waals surface area contributed by atoms with Crippen LogP contribution < -0.4 is 5.73 Å². The van der Waals surface area contributed by atoms with Crippen LogP contribution in [0.1, 0.15) is 16.0 Å². The van der Waals surface area contributed by atoms with Gasteiger partial charge >= 0.3 is 11.9 Å². The fourth-order valence-corrected chi connectivity index (χ4v) is 7.01. The van der Waals surface area contributed by atoms with Gasteiger partial charge in [-0.1, -0.05) is 0 Å². The average Bonchev–Trinajstić information content (AvgIpc) is 3.56. The van der Waals surface area contributed by atoms with Crippen LogP contribution in [0.15, 0.2) is 54.2 Å². The molecule has 0 saturated carbocycles. The molecule has 0 saturated heterocycles. The smallest absolute Gasteiger partial charge is 0.307 e. The molecule has 4 aromatic heterocycles. The van der Waals surface area contributed by atoms with Gasteiger partial charge < -0.3 is 15.9 Å². The first-order valence-corrected chi connectivity index (χ1v) is 12.7. The zero-order chi connectivity index (χ0) is 24.9. The molecule has 4 N–H and O–H groups in total. The van der Waals surface area contributed by atoms with Gasteiger partial charge in [0.1, 0.15) is 6.33 Å². The van der Waals surface area contributed by atoms with Crippen molar-refractivity contribution in [2.45, 2.75) is 12.8 Å². The van der Waals surface area contributed by atoms with E-state index in [0.717, 1.165) is 34.8 Å². The number of aliphatic carboxylic acids is 2. The molecule has 0 atom stereocenters. The zero-order valence-corrected chi connectivity index (χ0v) is 20.9. The molecule has 178 valence electrons. The summed E-state index contributed by atoms with van der Waals surface area (Å²) in [4.78, 5) is 40.4. The summed E-state index contributed by atoms with van der Waals surface area (Å²) in [7, 11) is 1.63. The van der Waals surface area contributed by atoms with Crippen LogP contribution in [0.3, 0.4) is 0 Å². The molecular weight excluding hydrogens is 504 g/mol. The number of hydrogen-bond donors (Lipinski definition) is 3. The van der Waals surface area contributed by atoms with Crippen molar-refractivity contribution in [3.05, 3.63) is 65.2 Å². The van der Waals surface area contributed by atoms with Crippen molar-refractivity contribution in [2.24, 2.45) is 10.7 Å². The van der Waals surface area contributed by atoms with E-state index in [2.05, 4.69) is 15.0 Å². The van der Waals surface area contributed by atoms with Gasteiger partial charge in [-0.2, -0.15) is 0 Å². The molecule has 0 fully saturated rings. The highest BCUT2D eigenvalue weighted by molar-refractivity contribution is 7.27. The fraction of sp³-hybridized carbons (Fsp3) is 0.125. The van der Waals surface area contributed by atoms with E-state index in [0.29, 0.717) is 16.7 Å². The molecule has 4 heterocycles. The first-order chi connectivity index (χ1) is 16.9. The van der Waals surface area contributed by atoms with Gasteiger partial charge in [0.15, 0.2) is 0 Å². The summed E-state index contributed by atoms with van der Waals surface area (Å²) in [5.41, 5.74) is 8.61. The highest BCUT2D eigenvalue weighted by atomic mass is 32.1. The summed E-state index contributed by atoms with van der Waals surface area (Å²) in [5.74, 6) is -1.83. The molecule has 0 aliphatic carbocycles. The van der Waals surface area contributed by atoms with Crippen molar-refractivity contribution in [1.29, 1.82) is 0 Å². The standard InChI is InChI=1S/C24H20N4O4S3/c1-26-9-15(8-25)23-13(6-21(29)30)4-19(34-23)17-2-3-18(33-17)20-5-14(7-22(31)32)24(35-20)16-10-27-12-28-11-16/h2-5,8-12H,6-7,25H2,1H3,(H,29,30)(H,31,32). The second-order valence-corrected chi connectivity index (χ2v) is 10.6. The van der Waals surface area contributed by atoms with E-state index >= 15 is 0 Å². The van der Waals surface area contributed by atoms with Crippen molar-refractivity contribution in [3.8, 4) is 29.9 Å². The van der Waals surface area contributed by atoms with E-state index in [1.165, 1.54) is 35.2 Å². The average molecular weight is 525 g/mol. The molecule has 0 radical (unpaired) electrons. The van der Waals surface area contributed by atoms with Crippen LogP contribution in [0.4, 0.5) is 0 Å². The Labute approximate surface area is 212 Å². The van der Waals surface area contributed by atoms with Gasteiger partial charge in [-0.15, -0.1) is 34.0 Å². The largest absolute Gasteiger partial charge is 0.481 e. The van der Waals surface area contributed by atoms with E-state index < -0.39 is 11.9 Å². The maximum Gasteiger partial charge on any atom is 0.307 e. The molecule has 0 unspecified atom stereocenters. The van der Waals surface area contributed by atoms with Crippen LogP contribution in [0.2, 0.25) is 0 Å². The van der Waals surface area contributed by atoms with E-state index in [-0.39, 0.29) is 12.8 Å². The second-order valence-electron chi connectivity index (χ2n) is 7.37. The molecule has 4 aromatic rings. The van der Waals surface area contributed by atoms with Crippen LogP contribution in [0.5, 0.6) is 0 Å². The van der Waals surface area contributed by atoms with Gasteiger partial charge in [0.25, 0.3) is 0 Å². The van der Waals surface area contributed by atoms with Crippen molar-refractivity contribution in [1.82, 2.24) is 9.97 Å². The van der Waals surface area contributed by atoms with Crippen LogP contribution in [0, 0.1) is 0 Å². The first-order valence-electron chi connectivity index (χ1n) is 10.3. The third-order valence-electron chi connectivity index (χ3n) is 4.93. The predicted molar refractivity (Wildman–Crippen MR) is 141 cm³/mol. The molecule has 0 spiro atoms. The molecule has 0 bridgehead atoms. The Morgan fingerprint density at radius 3 is 2.14 bits per heavy atom. The second kappa shape index (κ2) is 10.7. The number of aliphatic imine (C=N–C) groups is 1. The molecular formula is C24H20N4O4S3. The SMILES string of the molecule is CN=CC(=CN)c1sc(-c2ccc(-c3cc(CC(=O)O)c(-c4cncnc4)s3)s2)cc1CC(=O)O. The van der Waals surface area contributed by atoms with Crippen LogP contribution in [-0.4, -0.2) is 45.4 Å². The number of carbonyl (C=O) groups is 2. The van der Waals surface area contributed by atoms with Crippen molar-refractivity contribution in [3.63, 3.8) is 0 Å². The molecule has 8 nitrogen and oxygen atoms in total. The summed E-state index contributed by atoms with van der Waals surface area (Å²) in [6.07, 6.45) is 7.61. The maximum absolute atomic E-state index is 11.4. The minimum atomic E-state index is -0.922. The van der Waals surface area contributed by atoms with Gasteiger partial charge in [0.2, 0.25) is 0 Å². The monoisotopic (exact) mass is 524 g/mol. The number of carboxylic acids is 2. The summed E-state index contributed by atoms with van der Waals surface area (Å²) >= 11 is 4.52. The normalized spacial score (nSPS) is 11.9. The van der Waals surface area contributed by atoms with Crippen molar-refractivity contribution < 1.29 is 19.8 Å². The van der Waals surface area contributed by atoms with Crippen LogP contribution in [-0.2, 0) is 22.4 Å². The fourth-order valence-electron chi connectivity index (χ4n) is 3.51. The number of carboxylic acid groups (broad SMARTS) is 2. The third-order valence-corrected chi connectivity index (χ3v) is 8.86. The lowest BCUT2D eigenvalue weighted by molar-refractivity contribution is -0.137. The third kappa shape index (κ3) is 5.53. The predicted octanol–water partition coefficient (Wildman–Crippen LogP) is 4.92. The minimum Gasteiger partial charge on any atom is -0.481 e. The lowest BCUT2D eigenvalue weighted by Crippen LogP contribution is -2.01. The van der Waals surface area contributed by atoms with E-state index in [9.17, 15) is 19.8 Å². The Hall–Kier alpha value is -3.67. The van der Waals surface area contributed by atoms with Gasteiger partial charge in [-0.25, -0.2) is 9.97 Å². The number of thiophene rings is 3. The van der Waals surface area contributed by atoms with Crippen LogP contribution in [0.25, 0.3) is 35.5 Å². The number of nitrogens with two attached hydrogens (primary N) is 1. The van der Waals surface area contributed by atoms with Gasteiger partial charge in [-0.3, -0.25) is 14.6 Å². The Bertz CT molecular complexity index is 1430. The first kappa shape index (κ1) is 24.5. The molecule has 0 aliphatic rings. The molecule has 0 amide bonds. The summed E-state index contributed by atoms with van der Waals surface area (Å²) in [6, 6.07) is 7.76. The number of allylic oxidation sites excluding steroid dienone is 1. The molecule has 11 heteroatoms. The summed E-state index contributed by atoms with van der Waals surface area (Å²) in [5, 5.41) is 18.7.